The van der Waals surface area contributed by atoms with Gasteiger partial charge in [0, 0.05) is 55.4 Å². The molecular formula is C60H40N2O. The lowest BCUT2D eigenvalue weighted by molar-refractivity contribution is 0.671. The van der Waals surface area contributed by atoms with Crippen LogP contribution in [-0.4, -0.2) is 0 Å². The average Bonchev–Trinajstić information content (AvgIpc) is 3.74. The fraction of sp³-hybridized carbons (Fsp3) is 0. The first-order chi connectivity index (χ1) is 31.3. The lowest BCUT2D eigenvalue weighted by Gasteiger charge is -2.30. The summed E-state index contributed by atoms with van der Waals surface area (Å²) in [4.78, 5) is 4.81. The van der Waals surface area contributed by atoms with Gasteiger partial charge in [-0.1, -0.05) is 182 Å². The molecule has 0 atom stereocenters. The van der Waals surface area contributed by atoms with E-state index in [0.717, 1.165) is 94.5 Å². The van der Waals surface area contributed by atoms with Gasteiger partial charge < -0.3 is 14.2 Å². The Hall–Kier alpha value is -8.40. The molecule has 0 unspecified atom stereocenters. The minimum atomic E-state index is 0.840. The SMILES string of the molecule is c1ccc(-c2c(N(c3ccccc3)c3ccccc3)c3ccccc3c3cc4c(cc23)oc2c(-c3ccccc3)c(N(c3ccccc3)c3ccccc3)c3ccccc3c24)cc1. The molecule has 0 saturated carbocycles. The van der Waals surface area contributed by atoms with Crippen LogP contribution in [0.3, 0.4) is 0 Å². The van der Waals surface area contributed by atoms with Crippen molar-refractivity contribution in [3.8, 4) is 22.3 Å². The first kappa shape index (κ1) is 36.5. The molecule has 12 aromatic rings. The molecule has 0 saturated heterocycles. The molecule has 296 valence electrons. The minimum Gasteiger partial charge on any atom is -0.455 e. The molecule has 0 radical (unpaired) electrons. The molecule has 0 amide bonds. The summed E-state index contributed by atoms with van der Waals surface area (Å²) in [7, 11) is 0. The molecule has 11 aromatic carbocycles. The summed E-state index contributed by atoms with van der Waals surface area (Å²) in [6, 6.07) is 86.8. The number of rotatable bonds is 8. The van der Waals surface area contributed by atoms with Gasteiger partial charge in [-0.3, -0.25) is 0 Å². The second-order valence-corrected chi connectivity index (χ2v) is 16.0. The van der Waals surface area contributed by atoms with Gasteiger partial charge in [-0.15, -0.1) is 0 Å². The van der Waals surface area contributed by atoms with Crippen LogP contribution in [0.4, 0.5) is 34.1 Å². The summed E-state index contributed by atoms with van der Waals surface area (Å²) in [5.41, 5.74) is 12.6. The molecule has 12 rings (SSSR count). The van der Waals surface area contributed by atoms with Crippen LogP contribution >= 0.6 is 0 Å². The van der Waals surface area contributed by atoms with E-state index in [1.165, 1.54) is 16.2 Å². The van der Waals surface area contributed by atoms with Crippen molar-refractivity contribution in [1.82, 2.24) is 0 Å². The molecular weight excluding hydrogens is 765 g/mol. The van der Waals surface area contributed by atoms with Gasteiger partial charge in [0.25, 0.3) is 0 Å². The molecule has 63 heavy (non-hydrogen) atoms. The van der Waals surface area contributed by atoms with Crippen molar-refractivity contribution in [2.24, 2.45) is 0 Å². The zero-order valence-corrected chi connectivity index (χ0v) is 34.4. The van der Waals surface area contributed by atoms with Crippen molar-refractivity contribution >= 4 is 88.4 Å². The number of fused-ring (bicyclic) bond motifs is 8. The summed E-state index contributed by atoms with van der Waals surface area (Å²) in [6.07, 6.45) is 0. The first-order valence-electron chi connectivity index (χ1n) is 21.5. The number of benzene rings is 11. The topological polar surface area (TPSA) is 19.6 Å². The number of furan rings is 1. The van der Waals surface area contributed by atoms with Gasteiger partial charge >= 0.3 is 0 Å². The maximum Gasteiger partial charge on any atom is 0.146 e. The lowest BCUT2D eigenvalue weighted by Crippen LogP contribution is -2.12. The molecule has 3 nitrogen and oxygen atoms in total. The van der Waals surface area contributed by atoms with E-state index in [0.29, 0.717) is 0 Å². The Morgan fingerprint density at radius 2 is 0.635 bits per heavy atom. The molecule has 0 fully saturated rings. The quantitative estimate of drug-likeness (QED) is 0.143. The van der Waals surface area contributed by atoms with Crippen LogP contribution < -0.4 is 9.80 Å². The van der Waals surface area contributed by atoms with Crippen molar-refractivity contribution in [3.63, 3.8) is 0 Å². The molecule has 0 bridgehead atoms. The van der Waals surface area contributed by atoms with Crippen molar-refractivity contribution in [1.29, 1.82) is 0 Å². The molecule has 3 heteroatoms. The standard InChI is InChI=1S/C60H40N2O/c1-7-23-41(24-8-1)55-52-40-54-53(39-51(52)47-35-19-21-37-49(47)58(55)61(43-27-11-3-12-28-43)44-29-13-4-14-30-44)57-48-36-20-22-38-50(48)59(56(60(57)63-54)42-25-9-2-10-26-42)62(45-31-15-5-16-32-45)46-33-17-6-18-34-46/h1-40H. The van der Waals surface area contributed by atoms with Crippen molar-refractivity contribution in [2.45, 2.75) is 0 Å². The van der Waals surface area contributed by atoms with E-state index in [9.17, 15) is 0 Å². The van der Waals surface area contributed by atoms with Gasteiger partial charge in [-0.05, 0) is 93.3 Å². The number of hydrogen-bond acceptors (Lipinski definition) is 3. The molecule has 0 spiro atoms. The van der Waals surface area contributed by atoms with Gasteiger partial charge in [0.15, 0.2) is 0 Å². The highest BCUT2D eigenvalue weighted by Gasteiger charge is 2.29. The fourth-order valence-corrected chi connectivity index (χ4v) is 9.71. The summed E-state index contributed by atoms with van der Waals surface area (Å²) >= 11 is 0. The molecule has 0 aliphatic carbocycles. The largest absolute Gasteiger partial charge is 0.455 e. The van der Waals surface area contributed by atoms with Crippen molar-refractivity contribution < 1.29 is 4.42 Å². The second kappa shape index (κ2) is 15.3. The van der Waals surface area contributed by atoms with Crippen LogP contribution in [0.5, 0.6) is 0 Å². The van der Waals surface area contributed by atoms with E-state index in [1.807, 2.05) is 0 Å². The van der Waals surface area contributed by atoms with Gasteiger partial charge in [-0.2, -0.15) is 0 Å². The first-order valence-corrected chi connectivity index (χ1v) is 21.5. The Balaban J connectivity index is 1.26. The van der Waals surface area contributed by atoms with Crippen LogP contribution in [0.25, 0.3) is 76.5 Å². The average molecular weight is 805 g/mol. The highest BCUT2D eigenvalue weighted by atomic mass is 16.3. The van der Waals surface area contributed by atoms with Gasteiger partial charge in [0.2, 0.25) is 0 Å². The van der Waals surface area contributed by atoms with Crippen LogP contribution in [0.15, 0.2) is 247 Å². The van der Waals surface area contributed by atoms with Crippen LogP contribution in [0.2, 0.25) is 0 Å². The lowest BCUT2D eigenvalue weighted by atomic mass is 9.88. The van der Waals surface area contributed by atoms with E-state index in [2.05, 4.69) is 252 Å². The van der Waals surface area contributed by atoms with Gasteiger partial charge in [-0.25, -0.2) is 0 Å². The third kappa shape index (κ3) is 6.05. The zero-order valence-electron chi connectivity index (χ0n) is 34.4. The van der Waals surface area contributed by atoms with Gasteiger partial charge in [0.05, 0.1) is 11.4 Å². The molecule has 0 N–H and O–H groups in total. The highest BCUT2D eigenvalue weighted by Crippen LogP contribution is 2.54. The normalized spacial score (nSPS) is 11.5. The smallest absolute Gasteiger partial charge is 0.146 e. The maximum atomic E-state index is 7.45. The summed E-state index contributed by atoms with van der Waals surface area (Å²) in [5, 5.41) is 9.13. The molecule has 0 aliphatic rings. The van der Waals surface area contributed by atoms with E-state index in [4.69, 9.17) is 4.42 Å². The maximum absolute atomic E-state index is 7.45. The number of hydrogen-bond donors (Lipinski definition) is 0. The van der Waals surface area contributed by atoms with E-state index in [1.54, 1.807) is 0 Å². The number of nitrogens with zero attached hydrogens (tertiary/aromatic N) is 2. The zero-order chi connectivity index (χ0) is 41.7. The predicted octanol–water partition coefficient (Wildman–Crippen LogP) is 17.3. The minimum absolute atomic E-state index is 0.840. The van der Waals surface area contributed by atoms with Crippen molar-refractivity contribution in [3.05, 3.63) is 243 Å². The molecule has 0 aliphatic heterocycles. The van der Waals surface area contributed by atoms with Crippen LogP contribution in [0, 0.1) is 0 Å². The van der Waals surface area contributed by atoms with E-state index >= 15 is 0 Å². The Morgan fingerprint density at radius 3 is 1.11 bits per heavy atom. The Labute approximate surface area is 365 Å². The molecule has 1 heterocycles. The van der Waals surface area contributed by atoms with E-state index in [-0.39, 0.29) is 0 Å². The van der Waals surface area contributed by atoms with E-state index < -0.39 is 0 Å². The third-order valence-electron chi connectivity index (χ3n) is 12.4. The Morgan fingerprint density at radius 1 is 0.270 bits per heavy atom. The number of anilines is 6. The Bertz CT molecular complexity index is 3380. The summed E-state index contributed by atoms with van der Waals surface area (Å²) < 4.78 is 7.45. The van der Waals surface area contributed by atoms with Crippen LogP contribution in [-0.2, 0) is 0 Å². The monoisotopic (exact) mass is 804 g/mol. The summed E-state index contributed by atoms with van der Waals surface area (Å²) in [6.45, 7) is 0. The highest BCUT2D eigenvalue weighted by molar-refractivity contribution is 6.31. The molecule has 1 aromatic heterocycles. The van der Waals surface area contributed by atoms with Crippen LogP contribution in [0.1, 0.15) is 0 Å². The van der Waals surface area contributed by atoms with Crippen molar-refractivity contribution in [2.75, 3.05) is 9.80 Å². The number of para-hydroxylation sites is 4. The second-order valence-electron chi connectivity index (χ2n) is 16.0. The third-order valence-corrected chi connectivity index (χ3v) is 12.4. The Kier molecular flexibility index (Phi) is 8.83. The summed E-state index contributed by atoms with van der Waals surface area (Å²) in [5.74, 6) is 0. The fourth-order valence-electron chi connectivity index (χ4n) is 9.71. The van der Waals surface area contributed by atoms with Gasteiger partial charge in [0.1, 0.15) is 11.2 Å². The predicted molar refractivity (Wildman–Crippen MR) is 266 cm³/mol.